The van der Waals surface area contributed by atoms with E-state index in [0.717, 1.165) is 22.6 Å². The Morgan fingerprint density at radius 2 is 1.88 bits per heavy atom. The van der Waals surface area contributed by atoms with Crippen LogP contribution in [-0.4, -0.2) is 18.6 Å². The summed E-state index contributed by atoms with van der Waals surface area (Å²) in [5, 5.41) is 29.4. The van der Waals surface area contributed by atoms with E-state index in [4.69, 9.17) is 10.5 Å². The van der Waals surface area contributed by atoms with Crippen LogP contribution >= 0.6 is 11.8 Å². The van der Waals surface area contributed by atoms with E-state index in [0.29, 0.717) is 5.75 Å². The van der Waals surface area contributed by atoms with Crippen molar-refractivity contribution in [3.8, 4) is 24.0 Å². The molecule has 5 nitrogen and oxygen atoms in total. The predicted octanol–water partition coefficient (Wildman–Crippen LogP) is 2.85. The van der Waals surface area contributed by atoms with Gasteiger partial charge in [-0.05, 0) is 23.3 Å². The molecule has 1 heterocycles. The lowest BCUT2D eigenvalue weighted by atomic mass is 9.59. The van der Waals surface area contributed by atoms with Gasteiger partial charge < -0.3 is 10.5 Å². The molecule has 0 bridgehead atoms. The minimum atomic E-state index is -1.56. The molecule has 0 radical (unpaired) electrons. The number of fused-ring (bicyclic) bond motifs is 1. The number of methoxy groups -OCH3 is 1. The normalized spacial score (nSPS) is 24.2. The van der Waals surface area contributed by atoms with Crippen molar-refractivity contribution in [1.82, 2.24) is 0 Å². The maximum absolute atomic E-state index is 9.90. The molecule has 0 saturated heterocycles. The monoisotopic (exact) mass is 348 g/mol. The van der Waals surface area contributed by atoms with Crippen LogP contribution in [0, 0.1) is 45.3 Å². The molecule has 1 aliphatic heterocycles. The molecule has 0 amide bonds. The maximum atomic E-state index is 9.90. The Bertz CT molecular complexity index is 866. The van der Waals surface area contributed by atoms with Gasteiger partial charge in [0, 0.05) is 23.3 Å². The average molecular weight is 348 g/mol. The number of allylic oxidation sites excluding steroid dienone is 3. The first kappa shape index (κ1) is 17.0. The molecule has 0 aromatic heterocycles. The van der Waals surface area contributed by atoms with E-state index in [1.54, 1.807) is 18.9 Å². The fourth-order valence-electron chi connectivity index (χ4n) is 3.67. The number of hydrogen-bond acceptors (Lipinski definition) is 6. The summed E-state index contributed by atoms with van der Waals surface area (Å²) in [6.07, 6.45) is 2.00. The molecular formula is C19H16N4OS. The van der Waals surface area contributed by atoms with E-state index in [9.17, 15) is 15.8 Å². The number of thioether (sulfide) groups is 1. The Kier molecular flexibility index (Phi) is 4.45. The third kappa shape index (κ3) is 2.45. The van der Waals surface area contributed by atoms with Crippen LogP contribution in [0.4, 0.5) is 0 Å². The van der Waals surface area contributed by atoms with Crippen LogP contribution in [-0.2, 0) is 0 Å². The van der Waals surface area contributed by atoms with E-state index in [1.165, 1.54) is 0 Å². The van der Waals surface area contributed by atoms with Gasteiger partial charge in [0.05, 0.1) is 30.5 Å². The fourth-order valence-corrected chi connectivity index (χ4v) is 4.73. The molecule has 0 fully saturated rings. The van der Waals surface area contributed by atoms with Gasteiger partial charge in [-0.1, -0.05) is 18.2 Å². The highest BCUT2D eigenvalue weighted by Gasteiger charge is 2.53. The summed E-state index contributed by atoms with van der Waals surface area (Å²) in [4.78, 5) is 0. The molecule has 25 heavy (non-hydrogen) atoms. The van der Waals surface area contributed by atoms with E-state index in [1.807, 2.05) is 30.3 Å². The van der Waals surface area contributed by atoms with Crippen molar-refractivity contribution < 1.29 is 4.74 Å². The van der Waals surface area contributed by atoms with Crippen LogP contribution in [0.15, 0.2) is 47.2 Å². The highest BCUT2D eigenvalue weighted by Crippen LogP contribution is 2.55. The van der Waals surface area contributed by atoms with Crippen molar-refractivity contribution in [2.75, 3.05) is 18.6 Å². The first-order chi connectivity index (χ1) is 12.1. The summed E-state index contributed by atoms with van der Waals surface area (Å²) >= 11 is 1.73. The largest absolute Gasteiger partial charge is 0.497 e. The van der Waals surface area contributed by atoms with E-state index in [2.05, 4.69) is 18.2 Å². The standard InChI is InChI=1S/C19H16N4OS/c1-24-13-4-2-12(3-5-13)17-16-9-25-7-6-14(16)15(8-20)18(23)19(17,10-21)11-22/h2-6,16-17H,7,9,23H2,1H3/t16-,17-/m1/s1. The number of nitrogens with zero attached hydrogens (tertiary/aromatic N) is 3. The quantitative estimate of drug-likeness (QED) is 0.880. The van der Waals surface area contributed by atoms with Crippen molar-refractivity contribution in [3.63, 3.8) is 0 Å². The second-order valence-electron chi connectivity index (χ2n) is 5.99. The molecule has 2 N–H and O–H groups in total. The predicted molar refractivity (Wildman–Crippen MR) is 95.1 cm³/mol. The number of nitriles is 3. The lowest BCUT2D eigenvalue weighted by Gasteiger charge is -2.43. The van der Waals surface area contributed by atoms with Crippen LogP contribution in [0.3, 0.4) is 0 Å². The number of rotatable bonds is 2. The third-order valence-electron chi connectivity index (χ3n) is 4.91. The zero-order valence-electron chi connectivity index (χ0n) is 13.7. The summed E-state index contributed by atoms with van der Waals surface area (Å²) in [6.45, 7) is 0. The van der Waals surface area contributed by atoms with Gasteiger partial charge in [0.25, 0.3) is 0 Å². The Hall–Kier alpha value is -2.88. The van der Waals surface area contributed by atoms with Crippen LogP contribution in [0.2, 0.25) is 0 Å². The fraction of sp³-hybridized carbons (Fsp3) is 0.316. The minimum absolute atomic E-state index is 0.0650. The maximum Gasteiger partial charge on any atom is 0.191 e. The van der Waals surface area contributed by atoms with Gasteiger partial charge in [-0.3, -0.25) is 0 Å². The minimum Gasteiger partial charge on any atom is -0.497 e. The smallest absolute Gasteiger partial charge is 0.191 e. The summed E-state index contributed by atoms with van der Waals surface area (Å²) in [7, 11) is 1.59. The Morgan fingerprint density at radius 1 is 1.20 bits per heavy atom. The highest BCUT2D eigenvalue weighted by molar-refractivity contribution is 7.99. The summed E-state index contributed by atoms with van der Waals surface area (Å²) in [5.74, 6) is 1.71. The van der Waals surface area contributed by atoms with Crippen molar-refractivity contribution in [3.05, 3.63) is 52.7 Å². The van der Waals surface area contributed by atoms with E-state index in [-0.39, 0.29) is 17.2 Å². The lowest BCUT2D eigenvalue weighted by Crippen LogP contribution is -2.43. The Labute approximate surface area is 151 Å². The summed E-state index contributed by atoms with van der Waals surface area (Å²) in [5.41, 5.74) is 6.73. The summed E-state index contributed by atoms with van der Waals surface area (Å²) in [6, 6.07) is 13.7. The van der Waals surface area contributed by atoms with E-state index >= 15 is 0 Å². The van der Waals surface area contributed by atoms with Gasteiger partial charge in [0.1, 0.15) is 11.8 Å². The van der Waals surface area contributed by atoms with E-state index < -0.39 is 11.3 Å². The van der Waals surface area contributed by atoms with Gasteiger partial charge in [0.15, 0.2) is 5.41 Å². The third-order valence-corrected chi connectivity index (χ3v) is 5.91. The molecule has 1 aromatic rings. The summed E-state index contributed by atoms with van der Waals surface area (Å²) < 4.78 is 5.20. The number of hydrogen-bond donors (Lipinski definition) is 1. The Balaban J connectivity index is 2.27. The average Bonchev–Trinajstić information content (AvgIpc) is 2.67. The van der Waals surface area contributed by atoms with Crippen LogP contribution in [0.25, 0.3) is 0 Å². The SMILES string of the molecule is COc1ccc([C@@H]2[C@@H]3CSCC=C3C(C#N)=C(N)C2(C#N)C#N)cc1. The first-order valence-corrected chi connectivity index (χ1v) is 8.93. The molecular weight excluding hydrogens is 332 g/mol. The van der Waals surface area contributed by atoms with Gasteiger partial charge in [-0.2, -0.15) is 27.5 Å². The lowest BCUT2D eigenvalue weighted by molar-refractivity contribution is 0.367. The zero-order chi connectivity index (χ0) is 18.0. The Morgan fingerprint density at radius 3 is 2.44 bits per heavy atom. The highest BCUT2D eigenvalue weighted by atomic mass is 32.2. The van der Waals surface area contributed by atoms with Gasteiger partial charge in [0.2, 0.25) is 0 Å². The second-order valence-corrected chi connectivity index (χ2v) is 7.06. The van der Waals surface area contributed by atoms with Gasteiger partial charge in [-0.25, -0.2) is 0 Å². The molecule has 0 unspecified atom stereocenters. The molecule has 2 aliphatic rings. The topological polar surface area (TPSA) is 107 Å². The number of benzene rings is 1. The molecule has 2 atom stereocenters. The van der Waals surface area contributed by atoms with Crippen molar-refractivity contribution in [2.24, 2.45) is 17.1 Å². The number of ether oxygens (including phenoxy) is 1. The zero-order valence-corrected chi connectivity index (χ0v) is 14.5. The first-order valence-electron chi connectivity index (χ1n) is 7.78. The molecule has 1 aromatic carbocycles. The second kappa shape index (κ2) is 6.55. The van der Waals surface area contributed by atoms with Gasteiger partial charge >= 0.3 is 0 Å². The van der Waals surface area contributed by atoms with Crippen LogP contribution in [0.1, 0.15) is 11.5 Å². The molecule has 1 aliphatic carbocycles. The van der Waals surface area contributed by atoms with Crippen LogP contribution in [0.5, 0.6) is 5.75 Å². The van der Waals surface area contributed by atoms with Crippen molar-refractivity contribution in [1.29, 1.82) is 15.8 Å². The number of nitrogens with two attached hydrogens (primary N) is 1. The molecule has 0 saturated carbocycles. The van der Waals surface area contributed by atoms with Crippen molar-refractivity contribution >= 4 is 11.8 Å². The van der Waals surface area contributed by atoms with Crippen LogP contribution < -0.4 is 10.5 Å². The molecule has 3 rings (SSSR count). The van der Waals surface area contributed by atoms with Gasteiger partial charge in [-0.15, -0.1) is 0 Å². The molecule has 0 spiro atoms. The molecule has 124 valence electrons. The molecule has 6 heteroatoms. The van der Waals surface area contributed by atoms with Crippen molar-refractivity contribution in [2.45, 2.75) is 5.92 Å².